The van der Waals surface area contributed by atoms with Crippen LogP contribution in [0.5, 0.6) is 0 Å². The molecule has 0 unspecified atom stereocenters. The quantitative estimate of drug-likeness (QED) is 0.753. The molecule has 3 rings (SSSR count). The highest BCUT2D eigenvalue weighted by Crippen LogP contribution is 2.24. The first kappa shape index (κ1) is 16.6. The number of carbonyl (C=O) groups excluding carboxylic acids is 2. The van der Waals surface area contributed by atoms with E-state index in [1.807, 2.05) is 18.2 Å². The van der Waals surface area contributed by atoms with Gasteiger partial charge in [-0.1, -0.05) is 30.3 Å². The van der Waals surface area contributed by atoms with Crippen LogP contribution in [-0.4, -0.2) is 34.8 Å². The van der Waals surface area contributed by atoms with Crippen molar-refractivity contribution >= 4 is 27.8 Å². The summed E-state index contributed by atoms with van der Waals surface area (Å²) in [6, 6.07) is 10.7. The molecule has 1 aromatic heterocycles. The number of hydrogen-bond acceptors (Lipinski definition) is 4. The second-order valence-corrected chi connectivity index (χ2v) is 6.54. The highest BCUT2D eigenvalue weighted by atomic mass is 79.9. The van der Waals surface area contributed by atoms with Crippen molar-refractivity contribution in [2.75, 3.05) is 13.1 Å². The van der Waals surface area contributed by atoms with Gasteiger partial charge in [0.1, 0.15) is 0 Å². The minimum atomic E-state index is -0.934. The van der Waals surface area contributed by atoms with Crippen LogP contribution in [0, 0.1) is 0 Å². The molecule has 6 heteroatoms. The second-order valence-electron chi connectivity index (χ2n) is 5.62. The Balaban J connectivity index is 1.84. The molecule has 0 saturated carbocycles. The molecule has 1 fully saturated rings. The Bertz CT molecular complexity index is 730. The van der Waals surface area contributed by atoms with E-state index in [1.165, 1.54) is 6.20 Å². The second kappa shape index (κ2) is 7.57. The Hall–Kier alpha value is -2.21. The first-order valence-corrected chi connectivity index (χ1v) is 8.60. The minimum Gasteiger partial charge on any atom is -0.444 e. The van der Waals surface area contributed by atoms with Crippen LogP contribution in [0.2, 0.25) is 0 Å². The van der Waals surface area contributed by atoms with E-state index in [1.54, 1.807) is 29.3 Å². The van der Waals surface area contributed by atoms with Gasteiger partial charge in [-0.3, -0.25) is 9.78 Å². The maximum atomic E-state index is 12.8. The molecule has 0 bridgehead atoms. The topological polar surface area (TPSA) is 59.5 Å². The van der Waals surface area contributed by atoms with Gasteiger partial charge in [0.2, 0.25) is 6.10 Å². The number of ether oxygens (including phenoxy) is 1. The van der Waals surface area contributed by atoms with Gasteiger partial charge in [-0.25, -0.2) is 4.79 Å². The molecule has 0 N–H and O–H groups in total. The maximum absolute atomic E-state index is 12.8. The first-order chi connectivity index (χ1) is 11.6. The van der Waals surface area contributed by atoms with Gasteiger partial charge in [-0.05, 0) is 34.8 Å². The number of rotatable bonds is 4. The summed E-state index contributed by atoms with van der Waals surface area (Å²) in [4.78, 5) is 31.0. The van der Waals surface area contributed by atoms with Crippen molar-refractivity contribution in [2.24, 2.45) is 0 Å². The zero-order valence-electron chi connectivity index (χ0n) is 13.0. The van der Waals surface area contributed by atoms with Crippen molar-refractivity contribution in [2.45, 2.75) is 18.9 Å². The molecule has 2 heterocycles. The summed E-state index contributed by atoms with van der Waals surface area (Å²) in [6.45, 7) is 1.41. The summed E-state index contributed by atoms with van der Waals surface area (Å²) in [6.07, 6.45) is 4.04. The van der Waals surface area contributed by atoms with Gasteiger partial charge in [0.25, 0.3) is 5.91 Å². The Morgan fingerprint density at radius 3 is 2.50 bits per heavy atom. The Kier molecular flexibility index (Phi) is 5.25. The van der Waals surface area contributed by atoms with Crippen molar-refractivity contribution in [3.05, 3.63) is 64.4 Å². The highest BCUT2D eigenvalue weighted by Gasteiger charge is 2.31. The highest BCUT2D eigenvalue weighted by molar-refractivity contribution is 9.10. The van der Waals surface area contributed by atoms with E-state index in [0.29, 0.717) is 28.7 Å². The number of carbonyl (C=O) groups is 2. The molecule has 1 aliphatic heterocycles. The van der Waals surface area contributed by atoms with Crippen LogP contribution < -0.4 is 0 Å². The zero-order valence-corrected chi connectivity index (χ0v) is 14.6. The van der Waals surface area contributed by atoms with E-state index in [9.17, 15) is 9.59 Å². The summed E-state index contributed by atoms with van der Waals surface area (Å²) < 4.78 is 6.24. The minimum absolute atomic E-state index is 0.171. The third kappa shape index (κ3) is 3.82. The van der Waals surface area contributed by atoms with Gasteiger partial charge in [0.15, 0.2) is 0 Å². The van der Waals surface area contributed by atoms with Crippen LogP contribution in [0.15, 0.2) is 53.3 Å². The fourth-order valence-electron chi connectivity index (χ4n) is 2.69. The monoisotopic (exact) mass is 388 g/mol. The normalized spacial score (nSPS) is 15.1. The molecule has 0 aliphatic carbocycles. The number of hydrogen-bond donors (Lipinski definition) is 0. The fraction of sp³-hybridized carbons (Fsp3) is 0.278. The van der Waals surface area contributed by atoms with E-state index in [4.69, 9.17) is 4.74 Å². The number of amides is 1. The number of aromatic nitrogens is 1. The predicted octanol–water partition coefficient (Wildman–Crippen LogP) is 3.36. The van der Waals surface area contributed by atoms with Crippen LogP contribution in [0.25, 0.3) is 0 Å². The molecule has 1 amide bonds. The lowest BCUT2D eigenvalue weighted by atomic mass is 10.1. The summed E-state index contributed by atoms with van der Waals surface area (Å²) in [5.41, 5.74) is 0.977. The molecule has 24 heavy (non-hydrogen) atoms. The van der Waals surface area contributed by atoms with Crippen LogP contribution in [0.4, 0.5) is 0 Å². The third-order valence-corrected chi connectivity index (χ3v) is 4.34. The number of halogens is 1. The van der Waals surface area contributed by atoms with Crippen molar-refractivity contribution in [1.82, 2.24) is 9.88 Å². The Morgan fingerprint density at radius 2 is 1.83 bits per heavy atom. The van der Waals surface area contributed by atoms with Crippen LogP contribution >= 0.6 is 15.9 Å². The van der Waals surface area contributed by atoms with Crippen molar-refractivity contribution in [3.63, 3.8) is 0 Å². The van der Waals surface area contributed by atoms with E-state index >= 15 is 0 Å². The van der Waals surface area contributed by atoms with Gasteiger partial charge in [0.05, 0.1) is 5.56 Å². The van der Waals surface area contributed by atoms with E-state index in [-0.39, 0.29) is 5.91 Å². The van der Waals surface area contributed by atoms with Gasteiger partial charge in [0, 0.05) is 35.5 Å². The van der Waals surface area contributed by atoms with Gasteiger partial charge in [-0.2, -0.15) is 0 Å². The van der Waals surface area contributed by atoms with E-state index in [0.717, 1.165) is 12.8 Å². The molecule has 1 saturated heterocycles. The largest absolute Gasteiger partial charge is 0.444 e. The molecule has 1 aromatic carbocycles. The summed E-state index contributed by atoms with van der Waals surface area (Å²) in [5.74, 6) is -0.736. The smallest absolute Gasteiger partial charge is 0.340 e. The summed E-state index contributed by atoms with van der Waals surface area (Å²) in [7, 11) is 0. The lowest BCUT2D eigenvalue weighted by Gasteiger charge is -2.23. The van der Waals surface area contributed by atoms with Crippen molar-refractivity contribution in [3.8, 4) is 0 Å². The van der Waals surface area contributed by atoms with Gasteiger partial charge < -0.3 is 9.64 Å². The average molecular weight is 389 g/mol. The lowest BCUT2D eigenvalue weighted by molar-refractivity contribution is -0.140. The Morgan fingerprint density at radius 1 is 1.12 bits per heavy atom. The number of esters is 1. The van der Waals surface area contributed by atoms with Crippen molar-refractivity contribution < 1.29 is 14.3 Å². The van der Waals surface area contributed by atoms with Gasteiger partial charge in [-0.15, -0.1) is 0 Å². The average Bonchev–Trinajstić information content (AvgIpc) is 3.14. The lowest BCUT2D eigenvalue weighted by Crippen LogP contribution is -2.34. The summed E-state index contributed by atoms with van der Waals surface area (Å²) in [5, 5.41) is 0. The van der Waals surface area contributed by atoms with Crippen LogP contribution in [0.1, 0.15) is 34.9 Å². The maximum Gasteiger partial charge on any atom is 0.340 e. The molecule has 124 valence electrons. The molecule has 5 nitrogen and oxygen atoms in total. The SMILES string of the molecule is O=C(O[C@H](C(=O)N1CCCC1)c1ccccc1)c1cncc(Br)c1. The molecule has 0 radical (unpaired) electrons. The summed E-state index contributed by atoms with van der Waals surface area (Å²) >= 11 is 3.28. The first-order valence-electron chi connectivity index (χ1n) is 7.80. The molecule has 2 aromatic rings. The zero-order chi connectivity index (χ0) is 16.9. The predicted molar refractivity (Wildman–Crippen MR) is 92.3 cm³/mol. The number of nitrogens with zero attached hydrogens (tertiary/aromatic N) is 2. The van der Waals surface area contributed by atoms with Crippen molar-refractivity contribution in [1.29, 1.82) is 0 Å². The third-order valence-electron chi connectivity index (χ3n) is 3.91. The molecule has 1 aliphatic rings. The number of likely N-dealkylation sites (tertiary alicyclic amines) is 1. The molecular formula is C18H17BrN2O3. The van der Waals surface area contributed by atoms with Crippen LogP contribution in [0.3, 0.4) is 0 Å². The standard InChI is InChI=1S/C18H17BrN2O3/c19-15-10-14(11-20-12-15)18(23)24-16(13-6-2-1-3-7-13)17(22)21-8-4-5-9-21/h1-3,6-7,10-12,16H,4-5,8-9H2/t16-/m0/s1. The number of benzene rings is 1. The van der Waals surface area contributed by atoms with Gasteiger partial charge >= 0.3 is 5.97 Å². The molecule has 0 spiro atoms. The Labute approximate surface area is 148 Å². The molecular weight excluding hydrogens is 372 g/mol. The molecule has 1 atom stereocenters. The van der Waals surface area contributed by atoms with E-state index in [2.05, 4.69) is 20.9 Å². The van der Waals surface area contributed by atoms with E-state index < -0.39 is 12.1 Å². The van der Waals surface area contributed by atoms with Crippen LogP contribution in [-0.2, 0) is 9.53 Å². The number of pyridine rings is 1. The fourth-order valence-corrected chi connectivity index (χ4v) is 3.06.